The van der Waals surface area contributed by atoms with Gasteiger partial charge in [-0.3, -0.25) is 9.59 Å². The first-order valence-electron chi connectivity index (χ1n) is 12.4. The molecule has 5 heteroatoms. The highest BCUT2D eigenvalue weighted by molar-refractivity contribution is 5.87. The Kier molecular flexibility index (Phi) is 11.7. The number of ketones is 2. The molecule has 0 saturated carbocycles. The molecule has 3 rings (SSSR count). The molecule has 0 aliphatic heterocycles. The molecule has 0 aromatic heterocycles. The molecule has 0 spiro atoms. The summed E-state index contributed by atoms with van der Waals surface area (Å²) in [7, 11) is 0. The summed E-state index contributed by atoms with van der Waals surface area (Å²) >= 11 is 0. The Morgan fingerprint density at radius 2 is 0.892 bits per heavy atom. The SMILES string of the molecule is CC(=O)/C=C/[C@H](OCc1ccccc1)C(OCc1ccccc1)[C@@H](/C=C/C(C)=O)OCc1ccccc1. The molecule has 0 aliphatic carbocycles. The number of hydrogen-bond donors (Lipinski definition) is 0. The van der Waals surface area contributed by atoms with E-state index in [1.54, 1.807) is 12.2 Å². The van der Waals surface area contributed by atoms with Gasteiger partial charge in [0.05, 0.1) is 19.8 Å². The highest BCUT2D eigenvalue weighted by atomic mass is 16.6. The molecule has 3 aromatic rings. The molecule has 192 valence electrons. The molecule has 0 heterocycles. The number of benzene rings is 3. The van der Waals surface area contributed by atoms with Crippen molar-refractivity contribution < 1.29 is 23.8 Å². The molecular weight excluding hydrogens is 464 g/mol. The minimum absolute atomic E-state index is 0.101. The van der Waals surface area contributed by atoms with Crippen LogP contribution in [0.1, 0.15) is 30.5 Å². The molecule has 0 N–H and O–H groups in total. The third-order valence-corrected chi connectivity index (χ3v) is 5.54. The van der Waals surface area contributed by atoms with Crippen LogP contribution < -0.4 is 0 Å². The van der Waals surface area contributed by atoms with Gasteiger partial charge in [0.25, 0.3) is 0 Å². The van der Waals surface area contributed by atoms with Crippen molar-refractivity contribution in [2.45, 2.75) is 52.0 Å². The highest BCUT2D eigenvalue weighted by Gasteiger charge is 2.30. The Morgan fingerprint density at radius 1 is 0.568 bits per heavy atom. The van der Waals surface area contributed by atoms with Crippen molar-refractivity contribution in [2.75, 3.05) is 0 Å². The summed E-state index contributed by atoms with van der Waals surface area (Å²) in [6, 6.07) is 29.4. The molecule has 0 saturated heterocycles. The Bertz CT molecular complexity index is 1070. The summed E-state index contributed by atoms with van der Waals surface area (Å²) < 4.78 is 19.0. The lowest BCUT2D eigenvalue weighted by Crippen LogP contribution is -2.41. The molecule has 0 aliphatic rings. The lowest BCUT2D eigenvalue weighted by Gasteiger charge is -2.31. The summed E-state index contributed by atoms with van der Waals surface area (Å²) in [5.74, 6) is -0.202. The average Bonchev–Trinajstić information content (AvgIpc) is 2.92. The first kappa shape index (κ1) is 27.9. The maximum atomic E-state index is 11.8. The molecular formula is C32H34O5. The van der Waals surface area contributed by atoms with Crippen LogP contribution in [0.25, 0.3) is 0 Å². The van der Waals surface area contributed by atoms with E-state index in [0.717, 1.165) is 16.7 Å². The van der Waals surface area contributed by atoms with Gasteiger partial charge in [-0.25, -0.2) is 0 Å². The van der Waals surface area contributed by atoms with E-state index >= 15 is 0 Å². The predicted molar refractivity (Wildman–Crippen MR) is 145 cm³/mol. The zero-order valence-electron chi connectivity index (χ0n) is 21.4. The molecule has 5 nitrogen and oxygen atoms in total. The van der Waals surface area contributed by atoms with Crippen molar-refractivity contribution in [1.29, 1.82) is 0 Å². The molecule has 3 atom stereocenters. The van der Waals surface area contributed by atoms with E-state index in [0.29, 0.717) is 19.8 Å². The van der Waals surface area contributed by atoms with E-state index in [4.69, 9.17) is 14.2 Å². The second-order valence-electron chi connectivity index (χ2n) is 8.72. The maximum absolute atomic E-state index is 11.8. The third-order valence-electron chi connectivity index (χ3n) is 5.54. The molecule has 3 aromatic carbocycles. The van der Waals surface area contributed by atoms with Crippen LogP contribution in [0.4, 0.5) is 0 Å². The van der Waals surface area contributed by atoms with E-state index in [9.17, 15) is 9.59 Å². The van der Waals surface area contributed by atoms with Crippen LogP contribution in [-0.2, 0) is 43.6 Å². The fourth-order valence-corrected chi connectivity index (χ4v) is 3.66. The quantitative estimate of drug-likeness (QED) is 0.239. The Balaban J connectivity index is 1.91. The van der Waals surface area contributed by atoms with Gasteiger partial charge in [0.15, 0.2) is 11.6 Å². The minimum atomic E-state index is -0.640. The van der Waals surface area contributed by atoms with E-state index in [-0.39, 0.29) is 11.6 Å². The Hall–Kier alpha value is -3.64. The molecule has 37 heavy (non-hydrogen) atoms. The van der Waals surface area contributed by atoms with Gasteiger partial charge in [-0.05, 0) is 54.8 Å². The van der Waals surface area contributed by atoms with Gasteiger partial charge in [-0.15, -0.1) is 0 Å². The standard InChI is InChI=1S/C32H34O5/c1-25(33)18-20-30(35-22-27-12-6-3-7-13-27)32(37-24-29-16-10-5-11-17-29)31(21-19-26(2)34)36-23-28-14-8-4-9-15-28/h3-21,30-32H,22-24H2,1-2H3/b20-18+,21-19+/t30-,31+,32?. The largest absolute Gasteiger partial charge is 0.367 e. The smallest absolute Gasteiger partial charge is 0.152 e. The van der Waals surface area contributed by atoms with Crippen LogP contribution >= 0.6 is 0 Å². The van der Waals surface area contributed by atoms with Crippen molar-refractivity contribution in [1.82, 2.24) is 0 Å². The first-order valence-corrected chi connectivity index (χ1v) is 12.4. The monoisotopic (exact) mass is 498 g/mol. The lowest BCUT2D eigenvalue weighted by molar-refractivity contribution is -0.124. The Labute approximate surface area is 219 Å². The number of hydrogen-bond acceptors (Lipinski definition) is 5. The van der Waals surface area contributed by atoms with Crippen LogP contribution in [-0.4, -0.2) is 29.9 Å². The number of carbonyl (C=O) groups is 2. The molecule has 0 amide bonds. The van der Waals surface area contributed by atoms with Gasteiger partial charge >= 0.3 is 0 Å². The molecule has 1 unspecified atom stereocenters. The summed E-state index contributed by atoms with van der Waals surface area (Å²) in [5, 5.41) is 0. The van der Waals surface area contributed by atoms with Crippen molar-refractivity contribution in [3.05, 3.63) is 132 Å². The van der Waals surface area contributed by atoms with Crippen molar-refractivity contribution in [3.8, 4) is 0 Å². The van der Waals surface area contributed by atoms with Gasteiger partial charge in [-0.1, -0.05) is 91.0 Å². The number of allylic oxidation sites excluding steroid dienone is 2. The third kappa shape index (κ3) is 10.5. The lowest BCUT2D eigenvalue weighted by atomic mass is 10.0. The minimum Gasteiger partial charge on any atom is -0.367 e. The van der Waals surface area contributed by atoms with Gasteiger partial charge in [0, 0.05) is 0 Å². The van der Waals surface area contributed by atoms with Crippen molar-refractivity contribution >= 4 is 11.6 Å². The fraction of sp³-hybridized carbons (Fsp3) is 0.250. The Morgan fingerprint density at radius 3 is 1.22 bits per heavy atom. The number of ether oxygens (including phenoxy) is 3. The molecule has 0 fully saturated rings. The van der Waals surface area contributed by atoms with E-state index in [2.05, 4.69) is 0 Å². The summed E-state index contributed by atoms with van der Waals surface area (Å²) in [6.45, 7) is 3.93. The van der Waals surface area contributed by atoms with Crippen LogP contribution in [0.3, 0.4) is 0 Å². The highest BCUT2D eigenvalue weighted by Crippen LogP contribution is 2.21. The van der Waals surface area contributed by atoms with Gasteiger partial charge in [0.2, 0.25) is 0 Å². The van der Waals surface area contributed by atoms with E-state index in [1.165, 1.54) is 26.0 Å². The first-order chi connectivity index (χ1) is 18.0. The summed E-state index contributed by atoms with van der Waals surface area (Å²) in [6.07, 6.45) is 4.51. The van der Waals surface area contributed by atoms with Gasteiger partial charge in [0.1, 0.15) is 18.3 Å². The van der Waals surface area contributed by atoms with Crippen LogP contribution in [0, 0.1) is 0 Å². The predicted octanol–water partition coefficient (Wildman–Crippen LogP) is 6.03. The zero-order valence-corrected chi connectivity index (χ0v) is 21.4. The number of carbonyl (C=O) groups excluding carboxylic acids is 2. The van der Waals surface area contributed by atoms with Crippen LogP contribution in [0.15, 0.2) is 115 Å². The topological polar surface area (TPSA) is 61.8 Å². The van der Waals surface area contributed by atoms with Crippen molar-refractivity contribution in [3.63, 3.8) is 0 Å². The molecule has 0 bridgehead atoms. The number of rotatable bonds is 15. The van der Waals surface area contributed by atoms with Gasteiger partial charge < -0.3 is 14.2 Å². The fourth-order valence-electron chi connectivity index (χ4n) is 3.66. The summed E-state index contributed by atoms with van der Waals surface area (Å²) in [4.78, 5) is 23.7. The zero-order chi connectivity index (χ0) is 26.3. The van der Waals surface area contributed by atoms with E-state index in [1.807, 2.05) is 91.0 Å². The van der Waals surface area contributed by atoms with Crippen LogP contribution in [0.5, 0.6) is 0 Å². The summed E-state index contributed by atoms with van der Waals surface area (Å²) in [5.41, 5.74) is 2.97. The second kappa shape index (κ2) is 15.5. The second-order valence-corrected chi connectivity index (χ2v) is 8.72. The normalized spacial score (nSPS) is 14.0. The van der Waals surface area contributed by atoms with Gasteiger partial charge in [-0.2, -0.15) is 0 Å². The maximum Gasteiger partial charge on any atom is 0.152 e. The van der Waals surface area contributed by atoms with Crippen molar-refractivity contribution in [2.24, 2.45) is 0 Å². The molecule has 0 radical (unpaired) electrons. The van der Waals surface area contributed by atoms with Crippen LogP contribution in [0.2, 0.25) is 0 Å². The van der Waals surface area contributed by atoms with E-state index < -0.39 is 18.3 Å². The average molecular weight is 499 g/mol.